The summed E-state index contributed by atoms with van der Waals surface area (Å²) in [6.07, 6.45) is 1.45. The van der Waals surface area contributed by atoms with Crippen molar-refractivity contribution in [3.63, 3.8) is 0 Å². The van der Waals surface area contributed by atoms with Crippen LogP contribution in [-0.4, -0.2) is 62.8 Å². The van der Waals surface area contributed by atoms with Crippen LogP contribution in [0.3, 0.4) is 0 Å². The van der Waals surface area contributed by atoms with Gasteiger partial charge >= 0.3 is 5.97 Å². The zero-order chi connectivity index (χ0) is 15.3. The maximum absolute atomic E-state index is 10.8. The number of methoxy groups -OCH3 is 1. The van der Waals surface area contributed by atoms with Crippen LogP contribution >= 0.6 is 0 Å². The molecule has 0 amide bonds. The van der Waals surface area contributed by atoms with Crippen molar-refractivity contribution in [1.82, 2.24) is 4.98 Å². The van der Waals surface area contributed by atoms with E-state index in [1.54, 1.807) is 13.2 Å². The van der Waals surface area contributed by atoms with E-state index < -0.39 is 5.97 Å². The molecule has 0 aliphatic heterocycles. The van der Waals surface area contributed by atoms with Crippen LogP contribution in [0.25, 0.3) is 0 Å². The van der Waals surface area contributed by atoms with E-state index in [1.807, 2.05) is 0 Å². The average molecular weight is 299 g/mol. The second kappa shape index (κ2) is 11.2. The summed E-state index contributed by atoms with van der Waals surface area (Å²) in [6, 6.07) is 3.21. The average Bonchev–Trinajstić information content (AvgIpc) is 2.49. The fourth-order valence-electron chi connectivity index (χ4n) is 1.45. The highest BCUT2D eigenvalue weighted by Gasteiger charge is 2.04. The molecule has 0 aliphatic carbocycles. The van der Waals surface area contributed by atoms with Crippen LogP contribution in [0.5, 0.6) is 0 Å². The quantitative estimate of drug-likeness (QED) is 0.575. The lowest BCUT2D eigenvalue weighted by Crippen LogP contribution is -2.11. The van der Waals surface area contributed by atoms with Gasteiger partial charge in [0.25, 0.3) is 0 Å². The molecule has 0 saturated heterocycles. The number of pyridine rings is 1. The minimum absolute atomic E-state index is 0.0144. The van der Waals surface area contributed by atoms with Crippen molar-refractivity contribution in [2.75, 3.05) is 46.8 Å². The van der Waals surface area contributed by atoms with E-state index in [0.717, 1.165) is 5.56 Å². The fraction of sp³-hybridized carbons (Fsp3) is 0.571. The second-order valence-electron chi connectivity index (χ2n) is 4.12. The van der Waals surface area contributed by atoms with E-state index in [-0.39, 0.29) is 5.69 Å². The summed E-state index contributed by atoms with van der Waals surface area (Å²) in [5.74, 6) is -1.05. The van der Waals surface area contributed by atoms with Crippen LogP contribution in [0.1, 0.15) is 16.1 Å². The lowest BCUT2D eigenvalue weighted by molar-refractivity contribution is 0.000851. The van der Waals surface area contributed by atoms with Gasteiger partial charge in [0.05, 0.1) is 46.2 Å². The Morgan fingerprint density at radius 3 is 2.33 bits per heavy atom. The number of nitrogens with zero attached hydrogens (tertiary/aromatic N) is 1. The molecule has 0 unspecified atom stereocenters. The number of aromatic nitrogens is 1. The van der Waals surface area contributed by atoms with Crippen molar-refractivity contribution in [1.29, 1.82) is 0 Å². The topological polar surface area (TPSA) is 87.1 Å². The highest BCUT2D eigenvalue weighted by molar-refractivity contribution is 5.85. The van der Waals surface area contributed by atoms with Crippen molar-refractivity contribution in [3.05, 3.63) is 29.6 Å². The van der Waals surface area contributed by atoms with Crippen molar-refractivity contribution in [2.45, 2.75) is 6.61 Å². The van der Waals surface area contributed by atoms with E-state index in [4.69, 9.17) is 24.1 Å². The zero-order valence-electron chi connectivity index (χ0n) is 12.1. The molecule has 0 bridgehead atoms. The van der Waals surface area contributed by atoms with Gasteiger partial charge in [0.2, 0.25) is 0 Å². The Balaban J connectivity index is 2.01. The smallest absolute Gasteiger partial charge is 0.354 e. The molecule has 0 atom stereocenters. The number of carboxylic acids is 1. The normalized spacial score (nSPS) is 10.7. The molecule has 1 aromatic rings. The first-order valence-corrected chi connectivity index (χ1v) is 6.64. The molecule has 118 valence electrons. The van der Waals surface area contributed by atoms with E-state index in [1.165, 1.54) is 12.3 Å². The van der Waals surface area contributed by atoms with Crippen molar-refractivity contribution < 1.29 is 28.8 Å². The van der Waals surface area contributed by atoms with E-state index in [9.17, 15) is 4.79 Å². The van der Waals surface area contributed by atoms with E-state index in [2.05, 4.69) is 4.98 Å². The first-order chi connectivity index (χ1) is 10.2. The third-order valence-electron chi connectivity index (χ3n) is 2.49. The third kappa shape index (κ3) is 8.36. The molecule has 1 aromatic heterocycles. The Bertz CT molecular complexity index is 412. The molecule has 1 N–H and O–H groups in total. The molecule has 7 nitrogen and oxygen atoms in total. The summed E-state index contributed by atoms with van der Waals surface area (Å²) in [6.45, 7) is 3.39. The van der Waals surface area contributed by atoms with Gasteiger partial charge in [0, 0.05) is 13.3 Å². The molecule has 0 radical (unpaired) electrons. The Kier molecular flexibility index (Phi) is 9.30. The van der Waals surface area contributed by atoms with Crippen LogP contribution < -0.4 is 0 Å². The zero-order valence-corrected chi connectivity index (χ0v) is 12.1. The summed E-state index contributed by atoms with van der Waals surface area (Å²) in [4.78, 5) is 14.5. The lowest BCUT2D eigenvalue weighted by atomic mass is 10.2. The predicted molar refractivity (Wildman–Crippen MR) is 74.4 cm³/mol. The molecule has 0 aromatic carbocycles. The Hall–Kier alpha value is -1.54. The fourth-order valence-corrected chi connectivity index (χ4v) is 1.45. The van der Waals surface area contributed by atoms with Crippen LogP contribution in [0.4, 0.5) is 0 Å². The number of ether oxygens (including phenoxy) is 4. The van der Waals surface area contributed by atoms with Gasteiger partial charge in [-0.3, -0.25) is 0 Å². The summed E-state index contributed by atoms with van der Waals surface area (Å²) < 4.78 is 20.8. The molecule has 0 spiro atoms. The van der Waals surface area contributed by atoms with Crippen molar-refractivity contribution in [3.8, 4) is 0 Å². The lowest BCUT2D eigenvalue weighted by Gasteiger charge is -2.07. The number of aromatic carboxylic acids is 1. The number of hydrogen-bond donors (Lipinski definition) is 1. The summed E-state index contributed by atoms with van der Waals surface area (Å²) in [5, 5.41) is 8.81. The molecule has 7 heteroatoms. The van der Waals surface area contributed by atoms with Crippen LogP contribution in [0.15, 0.2) is 18.3 Å². The van der Waals surface area contributed by atoms with Gasteiger partial charge in [-0.05, 0) is 17.7 Å². The predicted octanol–water partition coefficient (Wildman–Crippen LogP) is 0.976. The SMILES string of the molecule is COCCOCCOCCOCc1ccnc(C(=O)O)c1. The molecule has 0 saturated carbocycles. The monoisotopic (exact) mass is 299 g/mol. The van der Waals surface area contributed by atoms with Gasteiger partial charge in [-0.15, -0.1) is 0 Å². The minimum atomic E-state index is -1.05. The summed E-state index contributed by atoms with van der Waals surface area (Å²) >= 11 is 0. The van der Waals surface area contributed by atoms with Gasteiger partial charge in [0.1, 0.15) is 5.69 Å². The first kappa shape index (κ1) is 17.5. The van der Waals surface area contributed by atoms with Gasteiger partial charge in [-0.1, -0.05) is 0 Å². The summed E-state index contributed by atoms with van der Waals surface area (Å²) in [7, 11) is 1.62. The van der Waals surface area contributed by atoms with E-state index in [0.29, 0.717) is 46.2 Å². The Labute approximate surface area is 123 Å². The Morgan fingerprint density at radius 1 is 1.10 bits per heavy atom. The first-order valence-electron chi connectivity index (χ1n) is 6.64. The highest BCUT2D eigenvalue weighted by atomic mass is 16.6. The number of hydrogen-bond acceptors (Lipinski definition) is 6. The van der Waals surface area contributed by atoms with Crippen LogP contribution in [-0.2, 0) is 25.6 Å². The van der Waals surface area contributed by atoms with Crippen LogP contribution in [0, 0.1) is 0 Å². The maximum atomic E-state index is 10.8. The molecule has 1 rings (SSSR count). The van der Waals surface area contributed by atoms with Crippen molar-refractivity contribution >= 4 is 5.97 Å². The van der Waals surface area contributed by atoms with Crippen molar-refractivity contribution in [2.24, 2.45) is 0 Å². The minimum Gasteiger partial charge on any atom is -0.477 e. The van der Waals surface area contributed by atoms with Crippen LogP contribution in [0.2, 0.25) is 0 Å². The number of carbonyl (C=O) groups is 1. The van der Waals surface area contributed by atoms with Gasteiger partial charge in [-0.25, -0.2) is 9.78 Å². The molecule has 0 fully saturated rings. The molecular formula is C14H21NO6. The van der Waals surface area contributed by atoms with E-state index >= 15 is 0 Å². The second-order valence-corrected chi connectivity index (χ2v) is 4.12. The summed E-state index contributed by atoms with van der Waals surface area (Å²) in [5.41, 5.74) is 0.783. The van der Waals surface area contributed by atoms with Gasteiger partial charge in [-0.2, -0.15) is 0 Å². The molecule has 1 heterocycles. The largest absolute Gasteiger partial charge is 0.477 e. The number of rotatable bonds is 12. The Morgan fingerprint density at radius 2 is 1.71 bits per heavy atom. The maximum Gasteiger partial charge on any atom is 0.354 e. The molecule has 21 heavy (non-hydrogen) atoms. The van der Waals surface area contributed by atoms with Gasteiger partial charge < -0.3 is 24.1 Å². The molecular weight excluding hydrogens is 278 g/mol. The molecule has 0 aliphatic rings. The highest BCUT2D eigenvalue weighted by Crippen LogP contribution is 2.03. The standard InChI is InChI=1S/C14H21NO6/c1-18-4-5-19-6-7-20-8-9-21-11-12-2-3-15-13(10-12)14(16)17/h2-3,10H,4-9,11H2,1H3,(H,16,17). The van der Waals surface area contributed by atoms with Gasteiger partial charge in [0.15, 0.2) is 0 Å². The third-order valence-corrected chi connectivity index (χ3v) is 2.49. The number of carboxylic acid groups (broad SMARTS) is 1.